The van der Waals surface area contributed by atoms with Crippen LogP contribution < -0.4 is 0 Å². The van der Waals surface area contributed by atoms with E-state index in [9.17, 15) is 9.59 Å². The Bertz CT molecular complexity index is 609. The number of carbonyl (C=O) groups excluding carboxylic acids is 2. The minimum atomic E-state index is -0.523. The highest BCUT2D eigenvalue weighted by atomic mass is 16.6. The monoisotopic (exact) mass is 346 g/mol. The molecule has 138 valence electrons. The van der Waals surface area contributed by atoms with Crippen LogP contribution in [0.5, 0.6) is 0 Å². The molecule has 5 heteroatoms. The number of benzene rings is 1. The predicted molar refractivity (Wildman–Crippen MR) is 98.1 cm³/mol. The molecule has 1 heterocycles. The van der Waals surface area contributed by atoms with E-state index >= 15 is 0 Å². The number of hydrogen-bond acceptors (Lipinski definition) is 3. The molecule has 2 amide bonds. The molecule has 5 nitrogen and oxygen atoms in total. The van der Waals surface area contributed by atoms with Crippen LogP contribution in [0.25, 0.3) is 0 Å². The van der Waals surface area contributed by atoms with E-state index in [4.69, 9.17) is 4.74 Å². The number of amides is 2. The summed E-state index contributed by atoms with van der Waals surface area (Å²) < 4.78 is 5.44. The van der Waals surface area contributed by atoms with Crippen molar-refractivity contribution in [2.45, 2.75) is 58.7 Å². The third-order valence-electron chi connectivity index (χ3n) is 4.91. The van der Waals surface area contributed by atoms with Crippen molar-refractivity contribution in [2.75, 3.05) is 13.6 Å². The summed E-state index contributed by atoms with van der Waals surface area (Å²) in [4.78, 5) is 28.3. The molecule has 0 spiro atoms. The van der Waals surface area contributed by atoms with Gasteiger partial charge in [0.1, 0.15) is 5.60 Å². The fraction of sp³-hybridized carbons (Fsp3) is 0.600. The third kappa shape index (κ3) is 4.74. The Balaban J connectivity index is 2.02. The van der Waals surface area contributed by atoms with Gasteiger partial charge in [-0.15, -0.1) is 0 Å². The molecule has 1 aromatic carbocycles. The van der Waals surface area contributed by atoms with E-state index in [0.717, 1.165) is 5.56 Å². The van der Waals surface area contributed by atoms with Gasteiger partial charge in [0.2, 0.25) is 5.91 Å². The van der Waals surface area contributed by atoms with E-state index in [1.807, 2.05) is 62.9 Å². The second-order valence-corrected chi connectivity index (χ2v) is 7.93. The molecular formula is C20H30N2O3. The summed E-state index contributed by atoms with van der Waals surface area (Å²) in [7, 11) is 1.74. The molecule has 0 N–H and O–H groups in total. The summed E-state index contributed by atoms with van der Waals surface area (Å²) in [6.45, 7) is 10.3. The molecule has 1 unspecified atom stereocenters. The molecule has 0 bridgehead atoms. The molecule has 0 aromatic heterocycles. The maximum Gasteiger partial charge on any atom is 0.410 e. The standard InChI is InChI=1S/C20H30N2O3/c1-14(21(6)19(24)25-20(3,4)5)17-12-18(23)22(13-17)15(2)16-10-8-7-9-11-16/h7-11,14-15,17H,12-13H2,1-6H3/t14?,15-,17+/m1/s1. The number of ether oxygens (including phenoxy) is 1. The molecule has 3 atom stereocenters. The molecule has 0 radical (unpaired) electrons. The molecule has 0 aliphatic carbocycles. The first-order valence-corrected chi connectivity index (χ1v) is 8.90. The molecule has 2 rings (SSSR count). The predicted octanol–water partition coefficient (Wildman–Crippen LogP) is 3.85. The van der Waals surface area contributed by atoms with Crippen LogP contribution >= 0.6 is 0 Å². The first kappa shape index (κ1) is 19.3. The van der Waals surface area contributed by atoms with Gasteiger partial charge < -0.3 is 14.5 Å². The topological polar surface area (TPSA) is 49.9 Å². The second kappa shape index (κ2) is 7.46. The smallest absolute Gasteiger partial charge is 0.410 e. The first-order chi connectivity index (χ1) is 11.6. The molecule has 1 aliphatic rings. The van der Waals surface area contributed by atoms with Gasteiger partial charge in [0.25, 0.3) is 0 Å². The number of likely N-dealkylation sites (tertiary alicyclic amines) is 1. The van der Waals surface area contributed by atoms with Gasteiger partial charge in [0.15, 0.2) is 0 Å². The van der Waals surface area contributed by atoms with Crippen LogP contribution in [0.15, 0.2) is 30.3 Å². The van der Waals surface area contributed by atoms with E-state index in [0.29, 0.717) is 13.0 Å². The van der Waals surface area contributed by atoms with Crippen LogP contribution in [0.3, 0.4) is 0 Å². The lowest BCUT2D eigenvalue weighted by molar-refractivity contribution is -0.129. The van der Waals surface area contributed by atoms with E-state index in [2.05, 4.69) is 6.92 Å². The van der Waals surface area contributed by atoms with Crippen molar-refractivity contribution in [1.82, 2.24) is 9.80 Å². The van der Waals surface area contributed by atoms with Crippen LogP contribution in [-0.4, -0.2) is 47.0 Å². The summed E-state index contributed by atoms with van der Waals surface area (Å²) in [6, 6.07) is 10.0. The highest BCUT2D eigenvalue weighted by Crippen LogP contribution is 2.31. The van der Waals surface area contributed by atoms with Gasteiger partial charge in [-0.2, -0.15) is 0 Å². The summed E-state index contributed by atoms with van der Waals surface area (Å²) in [5.74, 6) is 0.252. The zero-order chi connectivity index (χ0) is 18.8. The van der Waals surface area contributed by atoms with Gasteiger partial charge in [0.05, 0.1) is 6.04 Å². The Hall–Kier alpha value is -2.04. The lowest BCUT2D eigenvalue weighted by Crippen LogP contribution is -2.43. The average molecular weight is 346 g/mol. The van der Waals surface area contributed by atoms with E-state index < -0.39 is 5.60 Å². The van der Waals surface area contributed by atoms with Gasteiger partial charge in [-0.25, -0.2) is 4.79 Å². The second-order valence-electron chi connectivity index (χ2n) is 7.93. The van der Waals surface area contributed by atoms with Gasteiger partial charge in [-0.1, -0.05) is 30.3 Å². The number of hydrogen-bond donors (Lipinski definition) is 0. The number of rotatable bonds is 4. The highest BCUT2D eigenvalue weighted by molar-refractivity contribution is 5.79. The van der Waals surface area contributed by atoms with Crippen molar-refractivity contribution in [2.24, 2.45) is 5.92 Å². The van der Waals surface area contributed by atoms with Crippen LogP contribution in [0.4, 0.5) is 4.79 Å². The van der Waals surface area contributed by atoms with Crippen molar-refractivity contribution in [3.8, 4) is 0 Å². The van der Waals surface area contributed by atoms with E-state index in [1.165, 1.54) is 0 Å². The number of nitrogens with zero attached hydrogens (tertiary/aromatic N) is 2. The quantitative estimate of drug-likeness (QED) is 0.832. The first-order valence-electron chi connectivity index (χ1n) is 8.90. The van der Waals surface area contributed by atoms with Crippen molar-refractivity contribution >= 4 is 12.0 Å². The normalized spacial score (nSPS) is 20.3. The Kier molecular flexibility index (Phi) is 5.76. The number of carbonyl (C=O) groups is 2. The Morgan fingerprint density at radius 3 is 2.40 bits per heavy atom. The average Bonchev–Trinajstić information content (AvgIpc) is 2.93. The molecule has 1 fully saturated rings. The Labute approximate surface area is 150 Å². The van der Waals surface area contributed by atoms with Crippen LogP contribution in [-0.2, 0) is 9.53 Å². The van der Waals surface area contributed by atoms with E-state index in [1.54, 1.807) is 11.9 Å². The molecule has 1 saturated heterocycles. The molecule has 0 saturated carbocycles. The fourth-order valence-corrected chi connectivity index (χ4v) is 3.19. The zero-order valence-corrected chi connectivity index (χ0v) is 16.2. The minimum Gasteiger partial charge on any atom is -0.444 e. The largest absolute Gasteiger partial charge is 0.444 e. The maximum absolute atomic E-state index is 12.5. The van der Waals surface area contributed by atoms with Gasteiger partial charge in [0, 0.05) is 32.0 Å². The van der Waals surface area contributed by atoms with Crippen molar-refractivity contribution in [3.63, 3.8) is 0 Å². The summed E-state index contributed by atoms with van der Waals surface area (Å²) in [5.41, 5.74) is 0.606. The fourth-order valence-electron chi connectivity index (χ4n) is 3.19. The van der Waals surface area contributed by atoms with Crippen LogP contribution in [0.1, 0.15) is 52.6 Å². The SMILES string of the molecule is CC([C@H]1CC(=O)N([C@H](C)c2ccccc2)C1)N(C)C(=O)OC(C)(C)C. The van der Waals surface area contributed by atoms with Crippen molar-refractivity contribution < 1.29 is 14.3 Å². The zero-order valence-electron chi connectivity index (χ0n) is 16.2. The maximum atomic E-state index is 12.5. The lowest BCUT2D eigenvalue weighted by Gasteiger charge is -2.32. The Morgan fingerprint density at radius 1 is 1.24 bits per heavy atom. The van der Waals surface area contributed by atoms with Gasteiger partial charge in [-0.3, -0.25) is 4.79 Å². The molecule has 1 aliphatic heterocycles. The summed E-state index contributed by atoms with van der Waals surface area (Å²) >= 11 is 0. The van der Waals surface area contributed by atoms with Crippen LogP contribution in [0.2, 0.25) is 0 Å². The van der Waals surface area contributed by atoms with Gasteiger partial charge in [-0.05, 0) is 40.2 Å². The van der Waals surface area contributed by atoms with E-state index in [-0.39, 0.29) is 30.0 Å². The molecule has 25 heavy (non-hydrogen) atoms. The lowest BCUT2D eigenvalue weighted by atomic mass is 9.99. The van der Waals surface area contributed by atoms with Crippen molar-refractivity contribution in [1.29, 1.82) is 0 Å². The minimum absolute atomic E-state index is 0.0396. The van der Waals surface area contributed by atoms with Crippen molar-refractivity contribution in [3.05, 3.63) is 35.9 Å². The van der Waals surface area contributed by atoms with Gasteiger partial charge >= 0.3 is 6.09 Å². The molecular weight excluding hydrogens is 316 g/mol. The van der Waals surface area contributed by atoms with Crippen LogP contribution in [0, 0.1) is 5.92 Å². The summed E-state index contributed by atoms with van der Waals surface area (Å²) in [6.07, 6.45) is 0.118. The third-order valence-corrected chi connectivity index (χ3v) is 4.91. The highest BCUT2D eigenvalue weighted by Gasteiger charge is 2.38. The summed E-state index contributed by atoms with van der Waals surface area (Å²) in [5, 5.41) is 0. The Morgan fingerprint density at radius 2 is 1.84 bits per heavy atom. The molecule has 1 aromatic rings.